The zero-order chi connectivity index (χ0) is 9.42. The molecule has 0 aliphatic heterocycles. The summed E-state index contributed by atoms with van der Waals surface area (Å²) in [7, 11) is 1.83. The maximum absolute atomic E-state index is 12.8. The second-order valence-corrected chi connectivity index (χ2v) is 2.82. The van der Waals surface area contributed by atoms with Crippen LogP contribution in [0.2, 0.25) is 0 Å². The summed E-state index contributed by atoms with van der Waals surface area (Å²) in [6, 6.07) is 1.40. The number of rotatable bonds is 0. The summed E-state index contributed by atoms with van der Waals surface area (Å²) >= 11 is 0. The lowest BCUT2D eigenvalue weighted by Crippen LogP contribution is -1.87. The predicted molar refractivity (Wildman–Crippen MR) is 48.6 cm³/mol. The topological polar surface area (TPSA) is 17.8 Å². The van der Waals surface area contributed by atoms with E-state index >= 15 is 0 Å². The summed E-state index contributed by atoms with van der Waals surface area (Å²) in [5.74, 6) is 2.12. The fraction of sp³-hybridized carbons (Fsp3) is 0.100. The van der Waals surface area contributed by atoms with Crippen LogP contribution in [0.3, 0.4) is 0 Å². The standard InChI is InChI=1S/C10H7FN2/c1-3-7-6-13(2)10-9(7)4-8(11)5-12-10/h1,4-6H,2H3. The highest BCUT2D eigenvalue weighted by atomic mass is 19.1. The zero-order valence-corrected chi connectivity index (χ0v) is 7.08. The van der Waals surface area contributed by atoms with Gasteiger partial charge in [0.05, 0.1) is 11.8 Å². The van der Waals surface area contributed by atoms with E-state index in [1.165, 1.54) is 12.3 Å². The van der Waals surface area contributed by atoms with Crippen molar-refractivity contribution >= 4 is 11.0 Å². The largest absolute Gasteiger partial charge is 0.334 e. The van der Waals surface area contributed by atoms with Gasteiger partial charge in [-0.3, -0.25) is 0 Å². The number of hydrogen-bond donors (Lipinski definition) is 0. The molecule has 2 aromatic rings. The van der Waals surface area contributed by atoms with Gasteiger partial charge in [-0.2, -0.15) is 0 Å². The Labute approximate surface area is 75.0 Å². The molecule has 0 aromatic carbocycles. The summed E-state index contributed by atoms with van der Waals surface area (Å²) in [5, 5.41) is 0.685. The van der Waals surface area contributed by atoms with Crippen molar-refractivity contribution in [3.05, 3.63) is 29.8 Å². The van der Waals surface area contributed by atoms with Crippen LogP contribution in [-0.2, 0) is 7.05 Å². The first kappa shape index (κ1) is 7.81. The van der Waals surface area contributed by atoms with E-state index in [9.17, 15) is 4.39 Å². The second-order valence-electron chi connectivity index (χ2n) is 2.82. The number of fused-ring (bicyclic) bond motifs is 1. The highest BCUT2D eigenvalue weighted by molar-refractivity contribution is 5.83. The van der Waals surface area contributed by atoms with Gasteiger partial charge in [0.1, 0.15) is 11.5 Å². The Hall–Kier alpha value is -1.82. The Morgan fingerprint density at radius 2 is 2.38 bits per heavy atom. The molecule has 64 valence electrons. The molecule has 0 aliphatic carbocycles. The first-order valence-corrected chi connectivity index (χ1v) is 3.79. The van der Waals surface area contributed by atoms with Gasteiger partial charge in [0, 0.05) is 18.6 Å². The van der Waals surface area contributed by atoms with Crippen LogP contribution >= 0.6 is 0 Å². The molecule has 13 heavy (non-hydrogen) atoms. The van der Waals surface area contributed by atoms with Crippen LogP contribution in [0.25, 0.3) is 11.0 Å². The number of aromatic nitrogens is 2. The minimum absolute atomic E-state index is 0.366. The third-order valence-electron chi connectivity index (χ3n) is 1.94. The molecular weight excluding hydrogens is 167 g/mol. The summed E-state index contributed by atoms with van der Waals surface area (Å²) < 4.78 is 14.6. The van der Waals surface area contributed by atoms with Gasteiger partial charge in [-0.15, -0.1) is 6.42 Å². The maximum atomic E-state index is 12.8. The van der Waals surface area contributed by atoms with Crippen LogP contribution in [0.15, 0.2) is 18.5 Å². The van der Waals surface area contributed by atoms with Gasteiger partial charge in [0.15, 0.2) is 0 Å². The minimum Gasteiger partial charge on any atom is -0.334 e. The highest BCUT2D eigenvalue weighted by Gasteiger charge is 2.06. The minimum atomic E-state index is -0.366. The van der Waals surface area contributed by atoms with E-state index in [0.717, 1.165) is 0 Å². The van der Waals surface area contributed by atoms with Crippen molar-refractivity contribution in [3.63, 3.8) is 0 Å². The average Bonchev–Trinajstić information content (AvgIpc) is 2.42. The highest BCUT2D eigenvalue weighted by Crippen LogP contribution is 2.18. The van der Waals surface area contributed by atoms with Crippen LogP contribution in [0.5, 0.6) is 0 Å². The number of terminal acetylenes is 1. The molecule has 0 bridgehead atoms. The number of aryl methyl sites for hydroxylation is 1. The fourth-order valence-corrected chi connectivity index (χ4v) is 1.35. The van der Waals surface area contributed by atoms with Crippen LogP contribution in [0.1, 0.15) is 5.56 Å². The van der Waals surface area contributed by atoms with Crippen molar-refractivity contribution in [2.24, 2.45) is 7.05 Å². The third-order valence-corrected chi connectivity index (χ3v) is 1.94. The SMILES string of the molecule is C#Cc1cn(C)c2ncc(F)cc12. The van der Waals surface area contributed by atoms with Crippen LogP contribution < -0.4 is 0 Å². The normalized spacial score (nSPS) is 10.2. The molecule has 3 heteroatoms. The Balaban J connectivity index is 2.91. The monoisotopic (exact) mass is 174 g/mol. The van der Waals surface area contributed by atoms with Crippen molar-refractivity contribution in [3.8, 4) is 12.3 Å². The average molecular weight is 174 g/mol. The van der Waals surface area contributed by atoms with E-state index in [1.54, 1.807) is 10.8 Å². The van der Waals surface area contributed by atoms with Crippen molar-refractivity contribution < 1.29 is 4.39 Å². The molecule has 0 amide bonds. The number of pyridine rings is 1. The summed E-state index contributed by atoms with van der Waals surface area (Å²) in [6.07, 6.45) is 8.21. The number of hydrogen-bond acceptors (Lipinski definition) is 1. The van der Waals surface area contributed by atoms with E-state index in [2.05, 4.69) is 10.9 Å². The molecule has 2 heterocycles. The lowest BCUT2D eigenvalue weighted by Gasteiger charge is -1.93. The molecule has 0 fully saturated rings. The Morgan fingerprint density at radius 3 is 3.08 bits per heavy atom. The molecule has 2 aromatic heterocycles. The van der Waals surface area contributed by atoms with Crippen LogP contribution in [-0.4, -0.2) is 9.55 Å². The first-order chi connectivity index (χ1) is 6.22. The van der Waals surface area contributed by atoms with Gasteiger partial charge in [-0.1, -0.05) is 5.92 Å². The molecule has 0 atom stereocenters. The van der Waals surface area contributed by atoms with E-state index in [1.807, 2.05) is 7.05 Å². The fourth-order valence-electron chi connectivity index (χ4n) is 1.35. The Morgan fingerprint density at radius 1 is 1.62 bits per heavy atom. The summed E-state index contributed by atoms with van der Waals surface area (Å²) in [5.41, 5.74) is 1.37. The molecule has 0 N–H and O–H groups in total. The molecule has 0 saturated heterocycles. The molecule has 0 unspecified atom stereocenters. The first-order valence-electron chi connectivity index (χ1n) is 3.79. The van der Waals surface area contributed by atoms with Gasteiger partial charge >= 0.3 is 0 Å². The van der Waals surface area contributed by atoms with Crippen molar-refractivity contribution in [2.75, 3.05) is 0 Å². The summed E-state index contributed by atoms with van der Waals surface area (Å²) in [4.78, 5) is 3.94. The summed E-state index contributed by atoms with van der Waals surface area (Å²) in [6.45, 7) is 0. The molecular formula is C10H7FN2. The van der Waals surface area contributed by atoms with Gasteiger partial charge in [-0.25, -0.2) is 9.37 Å². The number of nitrogens with zero attached hydrogens (tertiary/aromatic N) is 2. The maximum Gasteiger partial charge on any atom is 0.142 e. The predicted octanol–water partition coefficient (Wildman–Crippen LogP) is 1.69. The Bertz CT molecular complexity index is 505. The van der Waals surface area contributed by atoms with Gasteiger partial charge in [-0.05, 0) is 6.07 Å². The smallest absolute Gasteiger partial charge is 0.142 e. The lowest BCUT2D eigenvalue weighted by atomic mass is 10.2. The zero-order valence-electron chi connectivity index (χ0n) is 7.08. The molecule has 0 spiro atoms. The molecule has 0 saturated carbocycles. The van der Waals surface area contributed by atoms with Gasteiger partial charge in [0.25, 0.3) is 0 Å². The van der Waals surface area contributed by atoms with Crippen LogP contribution in [0, 0.1) is 18.2 Å². The van der Waals surface area contributed by atoms with E-state index < -0.39 is 0 Å². The molecule has 0 aliphatic rings. The van der Waals surface area contributed by atoms with Crippen LogP contribution in [0.4, 0.5) is 4.39 Å². The van der Waals surface area contributed by atoms with E-state index in [4.69, 9.17) is 6.42 Å². The van der Waals surface area contributed by atoms with E-state index in [-0.39, 0.29) is 5.82 Å². The Kier molecular flexibility index (Phi) is 1.56. The van der Waals surface area contributed by atoms with Gasteiger partial charge < -0.3 is 4.57 Å². The van der Waals surface area contributed by atoms with Gasteiger partial charge in [0.2, 0.25) is 0 Å². The quantitative estimate of drug-likeness (QED) is 0.556. The lowest BCUT2D eigenvalue weighted by molar-refractivity contribution is 0.624. The second kappa shape index (κ2) is 2.60. The third kappa shape index (κ3) is 1.07. The molecule has 2 rings (SSSR count). The molecule has 2 nitrogen and oxygen atoms in total. The number of halogens is 1. The van der Waals surface area contributed by atoms with Crippen molar-refractivity contribution in [1.82, 2.24) is 9.55 Å². The van der Waals surface area contributed by atoms with Crippen molar-refractivity contribution in [1.29, 1.82) is 0 Å². The van der Waals surface area contributed by atoms with E-state index in [0.29, 0.717) is 16.6 Å². The van der Waals surface area contributed by atoms with Crippen molar-refractivity contribution in [2.45, 2.75) is 0 Å². The molecule has 0 radical (unpaired) electrons.